The van der Waals surface area contributed by atoms with E-state index in [1.165, 1.54) is 32.7 Å². The zero-order chi connectivity index (χ0) is 18.3. The molecule has 0 aliphatic heterocycles. The van der Waals surface area contributed by atoms with Crippen molar-refractivity contribution in [2.75, 3.05) is 0 Å². The highest BCUT2D eigenvalue weighted by Gasteiger charge is 1.95. The molecular formula is C27H22. The van der Waals surface area contributed by atoms with Gasteiger partial charge in [0.25, 0.3) is 0 Å². The van der Waals surface area contributed by atoms with Gasteiger partial charge in [-0.2, -0.15) is 0 Å². The molecule has 0 unspecified atom stereocenters. The summed E-state index contributed by atoms with van der Waals surface area (Å²) in [5.41, 5.74) is 2.74. The third-order valence-corrected chi connectivity index (χ3v) is 4.71. The Labute approximate surface area is 160 Å². The first-order valence-corrected chi connectivity index (χ1v) is 9.34. The number of hydrogen-bond donors (Lipinski definition) is 0. The summed E-state index contributed by atoms with van der Waals surface area (Å²) >= 11 is 0. The van der Waals surface area contributed by atoms with Crippen LogP contribution in [0.5, 0.6) is 0 Å². The van der Waals surface area contributed by atoms with Crippen molar-refractivity contribution in [2.24, 2.45) is 0 Å². The Morgan fingerprint density at radius 3 is 0.963 bits per heavy atom. The van der Waals surface area contributed by atoms with Crippen LogP contribution in [0.1, 0.15) is 11.1 Å². The molecule has 5 aromatic carbocycles. The van der Waals surface area contributed by atoms with Gasteiger partial charge in [-0.25, -0.2) is 0 Å². The molecule has 130 valence electrons. The molecule has 27 heavy (non-hydrogen) atoms. The molecule has 0 bridgehead atoms. The van der Waals surface area contributed by atoms with Crippen molar-refractivity contribution < 1.29 is 0 Å². The highest BCUT2D eigenvalue weighted by Crippen LogP contribution is 2.22. The van der Waals surface area contributed by atoms with Gasteiger partial charge in [-0.15, -0.1) is 0 Å². The van der Waals surface area contributed by atoms with E-state index in [2.05, 4.69) is 121 Å². The van der Waals surface area contributed by atoms with Crippen LogP contribution in [-0.4, -0.2) is 0 Å². The lowest BCUT2D eigenvalue weighted by Crippen LogP contribution is -1.85. The zero-order valence-electron chi connectivity index (χ0n) is 15.3. The van der Waals surface area contributed by atoms with E-state index in [4.69, 9.17) is 0 Å². The normalized spacial score (nSPS) is 10.4. The Balaban J connectivity index is 0.000000134. The summed E-state index contributed by atoms with van der Waals surface area (Å²) in [4.78, 5) is 0. The quantitative estimate of drug-likeness (QED) is 0.295. The van der Waals surface area contributed by atoms with Gasteiger partial charge in [0.15, 0.2) is 0 Å². The molecule has 0 fully saturated rings. The molecule has 0 spiro atoms. The van der Waals surface area contributed by atoms with Crippen molar-refractivity contribution in [1.82, 2.24) is 0 Å². The van der Waals surface area contributed by atoms with Gasteiger partial charge in [-0.05, 0) is 51.2 Å². The van der Waals surface area contributed by atoms with Crippen LogP contribution >= 0.6 is 0 Å². The van der Waals surface area contributed by atoms with E-state index >= 15 is 0 Å². The van der Waals surface area contributed by atoms with Gasteiger partial charge in [0.05, 0.1) is 0 Å². The van der Waals surface area contributed by atoms with E-state index < -0.39 is 0 Å². The molecule has 0 heteroatoms. The second-order valence-corrected chi connectivity index (χ2v) is 6.69. The monoisotopic (exact) mass is 346 g/mol. The number of rotatable bonds is 2. The van der Waals surface area contributed by atoms with Crippen LogP contribution in [0, 0.1) is 0 Å². The van der Waals surface area contributed by atoms with Crippen LogP contribution in [0.4, 0.5) is 0 Å². The van der Waals surface area contributed by atoms with Gasteiger partial charge in [-0.3, -0.25) is 0 Å². The number of benzene rings is 5. The van der Waals surface area contributed by atoms with Gasteiger partial charge in [0, 0.05) is 0 Å². The Morgan fingerprint density at radius 2 is 0.630 bits per heavy atom. The molecule has 0 N–H and O–H groups in total. The molecule has 0 aromatic heterocycles. The Kier molecular flexibility index (Phi) is 5.26. The molecule has 5 aromatic rings. The summed E-state index contributed by atoms with van der Waals surface area (Å²) in [6.45, 7) is 0. The molecule has 0 saturated heterocycles. The van der Waals surface area contributed by atoms with Crippen LogP contribution in [0.15, 0.2) is 121 Å². The fourth-order valence-corrected chi connectivity index (χ4v) is 3.31. The van der Waals surface area contributed by atoms with Crippen molar-refractivity contribution in [3.05, 3.63) is 132 Å². The summed E-state index contributed by atoms with van der Waals surface area (Å²) in [6.07, 6.45) is 1.03. The van der Waals surface area contributed by atoms with Crippen molar-refractivity contribution in [3.63, 3.8) is 0 Å². The van der Waals surface area contributed by atoms with Crippen LogP contribution in [-0.2, 0) is 6.42 Å². The standard InChI is InChI=1S/C14H10.C13H12/c1-2-6-12-10-14-8-4-3-7-13(14)9-11(12)5-1;1-3-7-12(8-4-1)11-13-9-5-2-6-10-13/h1-10H;1-10H,11H2. The van der Waals surface area contributed by atoms with E-state index in [0.29, 0.717) is 0 Å². The Bertz CT molecular complexity index is 983. The molecule has 0 aliphatic rings. The van der Waals surface area contributed by atoms with Gasteiger partial charge >= 0.3 is 0 Å². The number of hydrogen-bond acceptors (Lipinski definition) is 0. The summed E-state index contributed by atoms with van der Waals surface area (Å²) < 4.78 is 0. The Hall–Kier alpha value is -3.38. The molecule has 0 saturated carbocycles. The molecule has 0 aliphatic carbocycles. The van der Waals surface area contributed by atoms with Crippen LogP contribution < -0.4 is 0 Å². The van der Waals surface area contributed by atoms with Gasteiger partial charge in [0.2, 0.25) is 0 Å². The van der Waals surface area contributed by atoms with E-state index in [1.807, 2.05) is 0 Å². The lowest BCUT2D eigenvalue weighted by molar-refractivity contribution is 1.19. The Morgan fingerprint density at radius 1 is 0.333 bits per heavy atom. The van der Waals surface area contributed by atoms with Crippen LogP contribution in [0.3, 0.4) is 0 Å². The molecule has 0 radical (unpaired) electrons. The van der Waals surface area contributed by atoms with Crippen LogP contribution in [0.25, 0.3) is 21.5 Å². The SMILES string of the molecule is c1ccc(Cc2ccccc2)cc1.c1ccc2cc3ccccc3cc2c1. The first kappa shape index (κ1) is 17.1. The average Bonchev–Trinajstić information content (AvgIpc) is 2.74. The van der Waals surface area contributed by atoms with Gasteiger partial charge in [0.1, 0.15) is 0 Å². The van der Waals surface area contributed by atoms with Gasteiger partial charge in [-0.1, -0.05) is 109 Å². The van der Waals surface area contributed by atoms with E-state index in [-0.39, 0.29) is 0 Å². The largest absolute Gasteiger partial charge is 0.0622 e. The summed E-state index contributed by atoms with van der Waals surface area (Å²) in [7, 11) is 0. The minimum absolute atomic E-state index is 1.03. The lowest BCUT2D eigenvalue weighted by atomic mass is 10.0. The smallest absolute Gasteiger partial charge is 0.00258 e. The topological polar surface area (TPSA) is 0 Å². The van der Waals surface area contributed by atoms with E-state index in [1.54, 1.807) is 0 Å². The minimum Gasteiger partial charge on any atom is -0.0622 e. The third-order valence-electron chi connectivity index (χ3n) is 4.71. The number of fused-ring (bicyclic) bond motifs is 2. The predicted octanol–water partition coefficient (Wildman–Crippen LogP) is 7.27. The fourth-order valence-electron chi connectivity index (χ4n) is 3.31. The third kappa shape index (κ3) is 4.43. The second-order valence-electron chi connectivity index (χ2n) is 6.69. The highest BCUT2D eigenvalue weighted by atomic mass is 14.0. The maximum absolute atomic E-state index is 2.24. The van der Waals surface area contributed by atoms with Gasteiger partial charge < -0.3 is 0 Å². The van der Waals surface area contributed by atoms with E-state index in [9.17, 15) is 0 Å². The summed E-state index contributed by atoms with van der Waals surface area (Å²) in [5, 5.41) is 5.25. The zero-order valence-corrected chi connectivity index (χ0v) is 15.3. The molecule has 0 heterocycles. The van der Waals surface area contributed by atoms with Crippen molar-refractivity contribution >= 4 is 21.5 Å². The van der Waals surface area contributed by atoms with Crippen molar-refractivity contribution in [3.8, 4) is 0 Å². The maximum atomic E-state index is 2.24. The van der Waals surface area contributed by atoms with E-state index in [0.717, 1.165) is 6.42 Å². The highest BCUT2D eigenvalue weighted by molar-refractivity contribution is 5.98. The minimum atomic E-state index is 1.03. The molecule has 0 nitrogen and oxygen atoms in total. The van der Waals surface area contributed by atoms with Crippen molar-refractivity contribution in [2.45, 2.75) is 6.42 Å². The summed E-state index contributed by atoms with van der Waals surface area (Å²) in [5.74, 6) is 0. The first-order valence-electron chi connectivity index (χ1n) is 9.34. The molecule has 0 amide bonds. The lowest BCUT2D eigenvalue weighted by Gasteiger charge is -2.00. The first-order chi connectivity index (χ1) is 13.4. The predicted molar refractivity (Wildman–Crippen MR) is 117 cm³/mol. The molecular weight excluding hydrogens is 324 g/mol. The van der Waals surface area contributed by atoms with Crippen LogP contribution in [0.2, 0.25) is 0 Å². The maximum Gasteiger partial charge on any atom is -0.00258 e. The molecule has 5 rings (SSSR count). The van der Waals surface area contributed by atoms with Crippen molar-refractivity contribution in [1.29, 1.82) is 0 Å². The molecule has 0 atom stereocenters. The second kappa shape index (κ2) is 8.33. The average molecular weight is 346 g/mol. The summed E-state index contributed by atoms with van der Waals surface area (Å²) in [6, 6.07) is 42.5. The fraction of sp³-hybridized carbons (Fsp3) is 0.0370.